The van der Waals surface area contributed by atoms with Gasteiger partial charge in [-0.15, -0.1) is 0 Å². The molecule has 0 bridgehead atoms. The fourth-order valence-electron chi connectivity index (χ4n) is 7.79. The van der Waals surface area contributed by atoms with E-state index < -0.39 is 0 Å². The highest BCUT2D eigenvalue weighted by atomic mass is 16.3. The maximum Gasteiger partial charge on any atom is 0.143 e. The van der Waals surface area contributed by atoms with Crippen molar-refractivity contribution in [1.29, 1.82) is 0 Å². The average Bonchev–Trinajstić information content (AvgIpc) is 3.52. The monoisotopic (exact) mass is 596 g/mol. The van der Waals surface area contributed by atoms with Crippen molar-refractivity contribution in [2.75, 3.05) is 0 Å². The van der Waals surface area contributed by atoms with Crippen LogP contribution in [0.25, 0.3) is 98.4 Å². The lowest BCUT2D eigenvalue weighted by Crippen LogP contribution is -1.91. The fourth-order valence-corrected chi connectivity index (χ4v) is 7.79. The molecule has 0 spiro atoms. The van der Waals surface area contributed by atoms with Gasteiger partial charge in [0.15, 0.2) is 0 Å². The molecule has 0 aliphatic carbocycles. The summed E-state index contributed by atoms with van der Waals surface area (Å²) >= 11 is 0. The smallest absolute Gasteiger partial charge is 0.143 e. The summed E-state index contributed by atoms with van der Waals surface area (Å²) in [5, 5.41) is 12.3. The molecule has 1 heterocycles. The van der Waals surface area contributed by atoms with Gasteiger partial charge in [0.1, 0.15) is 11.2 Å². The molecular weight excluding hydrogens is 569 g/mol. The van der Waals surface area contributed by atoms with Crippen LogP contribution in [0.4, 0.5) is 0 Å². The van der Waals surface area contributed by atoms with Gasteiger partial charge in [-0.1, -0.05) is 158 Å². The standard InChI is InChI=1S/C46H28O/c1-2-12-29(13-3-1)33-20-10-23-42-36-27-25-31(28-43(36)47-46(33)42)44-38-16-6-8-18-40(38)45(41-19-9-7-17-39(41)44)37-22-11-21-34-32-15-5-4-14-30(32)24-26-35(34)37/h1-28H. The second kappa shape index (κ2) is 10.2. The number of fused-ring (bicyclic) bond motifs is 8. The minimum Gasteiger partial charge on any atom is -0.455 e. The lowest BCUT2D eigenvalue weighted by atomic mass is 9.84. The predicted octanol–water partition coefficient (Wildman–Crippen LogP) is 13.2. The molecule has 0 N–H and O–H groups in total. The number of para-hydroxylation sites is 1. The first-order valence-electron chi connectivity index (χ1n) is 16.2. The topological polar surface area (TPSA) is 13.1 Å². The molecule has 10 aromatic rings. The zero-order valence-corrected chi connectivity index (χ0v) is 25.6. The van der Waals surface area contributed by atoms with Gasteiger partial charge in [0.05, 0.1) is 0 Å². The van der Waals surface area contributed by atoms with E-state index in [1.54, 1.807) is 0 Å². The van der Waals surface area contributed by atoms with Crippen LogP contribution >= 0.6 is 0 Å². The third kappa shape index (κ3) is 3.90. The van der Waals surface area contributed by atoms with Crippen LogP contribution in [0.15, 0.2) is 174 Å². The normalized spacial score (nSPS) is 11.8. The van der Waals surface area contributed by atoms with Crippen molar-refractivity contribution in [2.24, 2.45) is 0 Å². The summed E-state index contributed by atoms with van der Waals surface area (Å²) in [7, 11) is 0. The Morgan fingerprint density at radius 2 is 0.872 bits per heavy atom. The Kier molecular flexibility index (Phi) is 5.64. The van der Waals surface area contributed by atoms with Crippen LogP contribution in [-0.2, 0) is 0 Å². The van der Waals surface area contributed by atoms with E-state index in [4.69, 9.17) is 4.42 Å². The Bertz CT molecular complexity index is 2780. The number of benzene rings is 9. The van der Waals surface area contributed by atoms with Gasteiger partial charge >= 0.3 is 0 Å². The molecule has 1 nitrogen and oxygen atoms in total. The lowest BCUT2D eigenvalue weighted by molar-refractivity contribution is 0.670. The van der Waals surface area contributed by atoms with E-state index in [0.717, 1.165) is 38.6 Å². The molecule has 1 aromatic heterocycles. The summed E-state index contributed by atoms with van der Waals surface area (Å²) < 4.78 is 6.70. The van der Waals surface area contributed by atoms with E-state index >= 15 is 0 Å². The van der Waals surface area contributed by atoms with Crippen LogP contribution in [0, 0.1) is 0 Å². The van der Waals surface area contributed by atoms with Gasteiger partial charge in [0.25, 0.3) is 0 Å². The summed E-state index contributed by atoms with van der Waals surface area (Å²) in [6.45, 7) is 0. The first-order valence-corrected chi connectivity index (χ1v) is 16.2. The van der Waals surface area contributed by atoms with E-state index in [2.05, 4.69) is 170 Å². The Hall–Kier alpha value is -6.18. The van der Waals surface area contributed by atoms with E-state index in [1.165, 1.54) is 59.8 Å². The van der Waals surface area contributed by atoms with Crippen molar-refractivity contribution in [3.05, 3.63) is 170 Å². The quantitative estimate of drug-likeness (QED) is 0.146. The van der Waals surface area contributed by atoms with Gasteiger partial charge in [-0.05, 0) is 83.0 Å². The summed E-state index contributed by atoms with van der Waals surface area (Å²) in [6, 6.07) is 61.4. The van der Waals surface area contributed by atoms with E-state index in [9.17, 15) is 0 Å². The summed E-state index contributed by atoms with van der Waals surface area (Å²) in [5.74, 6) is 0. The van der Waals surface area contributed by atoms with E-state index in [1.807, 2.05) is 0 Å². The van der Waals surface area contributed by atoms with Crippen molar-refractivity contribution in [3.63, 3.8) is 0 Å². The Morgan fingerprint density at radius 3 is 1.62 bits per heavy atom. The molecule has 47 heavy (non-hydrogen) atoms. The van der Waals surface area contributed by atoms with Crippen molar-refractivity contribution in [1.82, 2.24) is 0 Å². The lowest BCUT2D eigenvalue weighted by Gasteiger charge is -2.19. The van der Waals surface area contributed by atoms with Gasteiger partial charge < -0.3 is 4.42 Å². The third-order valence-corrected chi connectivity index (χ3v) is 9.86. The maximum absolute atomic E-state index is 6.70. The van der Waals surface area contributed by atoms with Crippen LogP contribution in [-0.4, -0.2) is 0 Å². The highest BCUT2D eigenvalue weighted by Gasteiger charge is 2.20. The summed E-state index contributed by atoms with van der Waals surface area (Å²) in [6.07, 6.45) is 0. The van der Waals surface area contributed by atoms with E-state index in [-0.39, 0.29) is 0 Å². The largest absolute Gasteiger partial charge is 0.455 e. The molecule has 0 saturated carbocycles. The molecule has 10 rings (SSSR count). The molecule has 1 heteroatoms. The van der Waals surface area contributed by atoms with Crippen molar-refractivity contribution in [3.8, 4) is 33.4 Å². The van der Waals surface area contributed by atoms with Gasteiger partial charge in [0.2, 0.25) is 0 Å². The molecule has 218 valence electrons. The second-order valence-electron chi connectivity index (χ2n) is 12.4. The molecule has 0 amide bonds. The summed E-state index contributed by atoms with van der Waals surface area (Å²) in [5.41, 5.74) is 9.03. The molecule has 0 radical (unpaired) electrons. The Morgan fingerprint density at radius 1 is 0.298 bits per heavy atom. The number of hydrogen-bond acceptors (Lipinski definition) is 1. The van der Waals surface area contributed by atoms with Crippen LogP contribution < -0.4 is 0 Å². The van der Waals surface area contributed by atoms with Crippen LogP contribution in [0.2, 0.25) is 0 Å². The molecule has 0 saturated heterocycles. The van der Waals surface area contributed by atoms with Gasteiger partial charge in [-0.2, -0.15) is 0 Å². The number of furan rings is 1. The predicted molar refractivity (Wildman–Crippen MR) is 200 cm³/mol. The molecule has 0 aliphatic heterocycles. The zero-order valence-electron chi connectivity index (χ0n) is 25.6. The van der Waals surface area contributed by atoms with Gasteiger partial charge in [-0.3, -0.25) is 0 Å². The fraction of sp³-hybridized carbons (Fsp3) is 0. The number of hydrogen-bond donors (Lipinski definition) is 0. The van der Waals surface area contributed by atoms with E-state index in [0.29, 0.717) is 0 Å². The third-order valence-electron chi connectivity index (χ3n) is 9.86. The minimum absolute atomic E-state index is 0.902. The zero-order chi connectivity index (χ0) is 30.9. The highest BCUT2D eigenvalue weighted by molar-refractivity contribution is 6.25. The summed E-state index contributed by atoms with van der Waals surface area (Å²) in [4.78, 5) is 0. The highest BCUT2D eigenvalue weighted by Crippen LogP contribution is 2.47. The molecule has 0 unspecified atom stereocenters. The minimum atomic E-state index is 0.902. The van der Waals surface area contributed by atoms with Crippen molar-refractivity contribution in [2.45, 2.75) is 0 Å². The van der Waals surface area contributed by atoms with Crippen LogP contribution in [0.5, 0.6) is 0 Å². The van der Waals surface area contributed by atoms with Crippen molar-refractivity contribution < 1.29 is 4.42 Å². The second-order valence-corrected chi connectivity index (χ2v) is 12.4. The maximum atomic E-state index is 6.70. The van der Waals surface area contributed by atoms with Crippen molar-refractivity contribution >= 4 is 65.0 Å². The van der Waals surface area contributed by atoms with Gasteiger partial charge in [0, 0.05) is 16.3 Å². The van der Waals surface area contributed by atoms with Crippen LogP contribution in [0.3, 0.4) is 0 Å². The number of rotatable bonds is 3. The van der Waals surface area contributed by atoms with Gasteiger partial charge in [-0.25, -0.2) is 0 Å². The average molecular weight is 597 g/mol. The molecule has 9 aromatic carbocycles. The SMILES string of the molecule is c1ccc(-c2cccc3c2oc2cc(-c4c5ccccc5c(-c5cccc6c5ccc5ccccc56)c5ccccc45)ccc23)cc1. The Labute approximate surface area is 271 Å². The Balaban J connectivity index is 1.26. The molecule has 0 atom stereocenters. The molecular formula is C46H28O. The molecule has 0 fully saturated rings. The van der Waals surface area contributed by atoms with Crippen LogP contribution in [0.1, 0.15) is 0 Å². The first-order chi connectivity index (χ1) is 23.3. The molecule has 0 aliphatic rings. The first kappa shape index (κ1) is 26.1.